The van der Waals surface area contributed by atoms with Crippen molar-refractivity contribution in [3.05, 3.63) is 78.9 Å². The summed E-state index contributed by atoms with van der Waals surface area (Å²) in [5, 5.41) is 2.88. The molecule has 0 saturated heterocycles. The minimum absolute atomic E-state index is 0.206. The van der Waals surface area contributed by atoms with E-state index in [9.17, 15) is 4.79 Å². The van der Waals surface area contributed by atoms with Crippen molar-refractivity contribution in [1.82, 2.24) is 0 Å². The second kappa shape index (κ2) is 9.46. The molecule has 0 bridgehead atoms. The lowest BCUT2D eigenvalue weighted by molar-refractivity contribution is -0.122. The highest BCUT2D eigenvalue weighted by Crippen LogP contribution is 2.24. The van der Waals surface area contributed by atoms with E-state index in [-0.39, 0.29) is 5.91 Å². The molecule has 0 fully saturated rings. The Hall–Kier alpha value is -3.47. The quantitative estimate of drug-likeness (QED) is 0.580. The van der Waals surface area contributed by atoms with Gasteiger partial charge in [0.2, 0.25) is 0 Å². The van der Waals surface area contributed by atoms with E-state index in [4.69, 9.17) is 14.2 Å². The van der Waals surface area contributed by atoms with Crippen molar-refractivity contribution in [3.63, 3.8) is 0 Å². The maximum atomic E-state index is 12.6. The Bertz CT molecular complexity index is 894. The standard InChI is InChI=1S/C23H23NO4/c1-3-22(28-21-11-7-10-20(16-21)26-2)23(25)24-17-12-14-19(15-13-17)27-18-8-5-4-6-9-18/h4-16,22H,3H2,1-2H3,(H,24,25)/t22-/m1/s1. The normalized spacial score (nSPS) is 11.4. The highest BCUT2D eigenvalue weighted by Gasteiger charge is 2.19. The summed E-state index contributed by atoms with van der Waals surface area (Å²) >= 11 is 0. The molecule has 0 radical (unpaired) electrons. The van der Waals surface area contributed by atoms with Gasteiger partial charge in [0.25, 0.3) is 5.91 Å². The molecule has 3 aromatic carbocycles. The number of carbonyl (C=O) groups excluding carboxylic acids is 1. The molecule has 1 atom stereocenters. The van der Waals surface area contributed by atoms with Gasteiger partial charge in [-0.05, 0) is 55.0 Å². The topological polar surface area (TPSA) is 56.8 Å². The minimum Gasteiger partial charge on any atom is -0.497 e. The van der Waals surface area contributed by atoms with Crippen molar-refractivity contribution in [3.8, 4) is 23.0 Å². The molecule has 0 unspecified atom stereocenters. The zero-order valence-electron chi connectivity index (χ0n) is 15.9. The van der Waals surface area contributed by atoms with Gasteiger partial charge >= 0.3 is 0 Å². The summed E-state index contributed by atoms with van der Waals surface area (Å²) in [5.41, 5.74) is 0.679. The minimum atomic E-state index is -0.604. The number of amides is 1. The Labute approximate surface area is 164 Å². The van der Waals surface area contributed by atoms with Gasteiger partial charge in [-0.15, -0.1) is 0 Å². The molecule has 0 saturated carbocycles. The monoisotopic (exact) mass is 377 g/mol. The number of rotatable bonds is 8. The lowest BCUT2D eigenvalue weighted by atomic mass is 10.2. The summed E-state index contributed by atoms with van der Waals surface area (Å²) in [6.45, 7) is 1.90. The predicted octanol–water partition coefficient (Wildman–Crippen LogP) is 5.28. The van der Waals surface area contributed by atoms with E-state index in [1.165, 1.54) is 0 Å². The Morgan fingerprint density at radius 3 is 2.18 bits per heavy atom. The number of benzene rings is 3. The summed E-state index contributed by atoms with van der Waals surface area (Å²) < 4.78 is 16.8. The zero-order valence-corrected chi connectivity index (χ0v) is 15.9. The van der Waals surface area contributed by atoms with Gasteiger partial charge in [0.05, 0.1) is 7.11 Å². The average Bonchev–Trinajstić information content (AvgIpc) is 2.74. The summed E-state index contributed by atoms with van der Waals surface area (Å²) in [4.78, 5) is 12.6. The van der Waals surface area contributed by atoms with E-state index in [0.29, 0.717) is 29.4 Å². The van der Waals surface area contributed by atoms with Crippen molar-refractivity contribution in [1.29, 1.82) is 0 Å². The molecule has 0 heterocycles. The molecule has 0 spiro atoms. The van der Waals surface area contributed by atoms with Crippen molar-refractivity contribution in [2.24, 2.45) is 0 Å². The van der Waals surface area contributed by atoms with Gasteiger partial charge in [0, 0.05) is 11.8 Å². The van der Waals surface area contributed by atoms with Crippen LogP contribution >= 0.6 is 0 Å². The van der Waals surface area contributed by atoms with E-state index in [0.717, 1.165) is 5.75 Å². The number of methoxy groups -OCH3 is 1. The highest BCUT2D eigenvalue weighted by molar-refractivity contribution is 5.94. The summed E-state index contributed by atoms with van der Waals surface area (Å²) in [7, 11) is 1.59. The molecular formula is C23H23NO4. The van der Waals surface area contributed by atoms with Crippen molar-refractivity contribution in [2.75, 3.05) is 12.4 Å². The van der Waals surface area contributed by atoms with Crippen LogP contribution in [0.3, 0.4) is 0 Å². The molecule has 3 aromatic rings. The number of para-hydroxylation sites is 1. The number of nitrogens with one attached hydrogen (secondary N) is 1. The summed E-state index contributed by atoms with van der Waals surface area (Å²) in [5.74, 6) is 2.53. The second-order valence-corrected chi connectivity index (χ2v) is 6.12. The lowest BCUT2D eigenvalue weighted by Gasteiger charge is -2.18. The molecule has 28 heavy (non-hydrogen) atoms. The van der Waals surface area contributed by atoms with Crippen LogP contribution in [0.4, 0.5) is 5.69 Å². The number of anilines is 1. The van der Waals surface area contributed by atoms with Crippen LogP contribution in [0.2, 0.25) is 0 Å². The smallest absolute Gasteiger partial charge is 0.265 e. The molecule has 0 aromatic heterocycles. The molecule has 1 amide bonds. The van der Waals surface area contributed by atoms with Crippen LogP contribution in [0.5, 0.6) is 23.0 Å². The third-order valence-electron chi connectivity index (χ3n) is 4.08. The largest absolute Gasteiger partial charge is 0.497 e. The second-order valence-electron chi connectivity index (χ2n) is 6.12. The maximum absolute atomic E-state index is 12.6. The molecule has 0 aliphatic rings. The number of ether oxygens (including phenoxy) is 3. The molecule has 0 aliphatic heterocycles. The van der Waals surface area contributed by atoms with Crippen molar-refractivity contribution < 1.29 is 19.0 Å². The fourth-order valence-electron chi connectivity index (χ4n) is 2.61. The van der Waals surface area contributed by atoms with Gasteiger partial charge in [0.15, 0.2) is 6.10 Å². The van der Waals surface area contributed by atoms with E-state index in [2.05, 4.69) is 5.32 Å². The van der Waals surface area contributed by atoms with E-state index in [1.807, 2.05) is 61.5 Å². The SMILES string of the molecule is CC[C@@H](Oc1cccc(OC)c1)C(=O)Nc1ccc(Oc2ccccc2)cc1. The van der Waals surface area contributed by atoms with Gasteiger partial charge in [0.1, 0.15) is 23.0 Å². The van der Waals surface area contributed by atoms with Gasteiger partial charge in [-0.3, -0.25) is 4.79 Å². The van der Waals surface area contributed by atoms with Crippen LogP contribution < -0.4 is 19.5 Å². The first-order valence-electron chi connectivity index (χ1n) is 9.12. The van der Waals surface area contributed by atoms with Crippen molar-refractivity contribution >= 4 is 11.6 Å². The Morgan fingerprint density at radius 2 is 1.50 bits per heavy atom. The molecular weight excluding hydrogens is 354 g/mol. The van der Waals surface area contributed by atoms with E-state index in [1.54, 1.807) is 31.4 Å². The average molecular weight is 377 g/mol. The van der Waals surface area contributed by atoms with Crippen LogP contribution in [0, 0.1) is 0 Å². The Kier molecular flexibility index (Phi) is 6.52. The fraction of sp³-hybridized carbons (Fsp3) is 0.174. The first-order valence-corrected chi connectivity index (χ1v) is 9.12. The summed E-state index contributed by atoms with van der Waals surface area (Å²) in [6.07, 6.45) is -0.0644. The van der Waals surface area contributed by atoms with Crippen LogP contribution in [0.1, 0.15) is 13.3 Å². The number of hydrogen-bond acceptors (Lipinski definition) is 4. The summed E-state index contributed by atoms with van der Waals surface area (Å²) in [6, 6.07) is 24.0. The molecule has 0 aliphatic carbocycles. The van der Waals surface area contributed by atoms with Gasteiger partial charge in [-0.1, -0.05) is 31.2 Å². The molecule has 144 valence electrons. The van der Waals surface area contributed by atoms with Crippen LogP contribution in [0.25, 0.3) is 0 Å². The zero-order chi connectivity index (χ0) is 19.8. The molecule has 1 N–H and O–H groups in total. The predicted molar refractivity (Wildman–Crippen MR) is 109 cm³/mol. The van der Waals surface area contributed by atoms with E-state index < -0.39 is 6.10 Å². The first-order chi connectivity index (χ1) is 13.7. The first kappa shape index (κ1) is 19.3. The number of carbonyl (C=O) groups is 1. The third-order valence-corrected chi connectivity index (χ3v) is 4.08. The van der Waals surface area contributed by atoms with Gasteiger partial charge in [-0.2, -0.15) is 0 Å². The molecule has 5 nitrogen and oxygen atoms in total. The molecule has 5 heteroatoms. The lowest BCUT2D eigenvalue weighted by Crippen LogP contribution is -2.32. The van der Waals surface area contributed by atoms with Crippen molar-refractivity contribution in [2.45, 2.75) is 19.4 Å². The van der Waals surface area contributed by atoms with Gasteiger partial charge in [-0.25, -0.2) is 0 Å². The van der Waals surface area contributed by atoms with Gasteiger partial charge < -0.3 is 19.5 Å². The third kappa shape index (κ3) is 5.27. The van der Waals surface area contributed by atoms with Crippen LogP contribution in [-0.4, -0.2) is 19.1 Å². The highest BCUT2D eigenvalue weighted by atomic mass is 16.5. The Morgan fingerprint density at radius 1 is 0.857 bits per heavy atom. The van der Waals surface area contributed by atoms with Crippen LogP contribution in [0.15, 0.2) is 78.9 Å². The number of hydrogen-bond donors (Lipinski definition) is 1. The van der Waals surface area contributed by atoms with Crippen LogP contribution in [-0.2, 0) is 4.79 Å². The van der Waals surface area contributed by atoms with E-state index >= 15 is 0 Å². The molecule has 3 rings (SSSR count). The fourth-order valence-corrected chi connectivity index (χ4v) is 2.61. The Balaban J connectivity index is 1.60. The maximum Gasteiger partial charge on any atom is 0.265 e.